The van der Waals surface area contributed by atoms with Crippen molar-refractivity contribution >= 4 is 11.6 Å². The standard InChI is InChI=1S/C20H34ClFO/c1-13-6-8-14(9-7-13)15-4-3-5-16(12-15)17-10-11-18(23-2)20(22)19(17)21/h13-20H,3-12H2,1-2H3/t13?,14?,15-,16+,17+,18?,19?,20?/m1/s1. The van der Waals surface area contributed by atoms with Crippen LogP contribution in [0, 0.1) is 29.6 Å². The van der Waals surface area contributed by atoms with E-state index in [2.05, 4.69) is 6.92 Å². The fourth-order valence-electron chi connectivity index (χ4n) is 5.70. The van der Waals surface area contributed by atoms with Gasteiger partial charge in [-0.3, -0.25) is 0 Å². The van der Waals surface area contributed by atoms with E-state index in [9.17, 15) is 4.39 Å². The fourth-order valence-corrected chi connectivity index (χ4v) is 6.19. The van der Waals surface area contributed by atoms with E-state index >= 15 is 0 Å². The van der Waals surface area contributed by atoms with Gasteiger partial charge in [0.05, 0.1) is 11.5 Å². The second-order valence-corrected chi connectivity index (χ2v) is 9.11. The number of ether oxygens (including phenoxy) is 1. The Morgan fingerprint density at radius 3 is 2.26 bits per heavy atom. The first-order chi connectivity index (χ1) is 11.1. The van der Waals surface area contributed by atoms with Crippen molar-refractivity contribution in [2.45, 2.75) is 88.8 Å². The smallest absolute Gasteiger partial charge is 0.143 e. The van der Waals surface area contributed by atoms with Crippen LogP contribution in [0.5, 0.6) is 0 Å². The van der Waals surface area contributed by atoms with Crippen LogP contribution in [0.1, 0.15) is 71.1 Å². The zero-order valence-electron chi connectivity index (χ0n) is 14.9. The summed E-state index contributed by atoms with van der Waals surface area (Å²) in [6, 6.07) is 0. The Hall–Kier alpha value is 0.180. The molecule has 3 aliphatic rings. The Morgan fingerprint density at radius 1 is 0.870 bits per heavy atom. The topological polar surface area (TPSA) is 9.23 Å². The molecule has 3 unspecified atom stereocenters. The summed E-state index contributed by atoms with van der Waals surface area (Å²) in [4.78, 5) is 0. The summed E-state index contributed by atoms with van der Waals surface area (Å²) in [5.74, 6) is 3.74. The fraction of sp³-hybridized carbons (Fsp3) is 1.00. The van der Waals surface area contributed by atoms with E-state index in [-0.39, 0.29) is 11.5 Å². The molecule has 0 radical (unpaired) electrons. The van der Waals surface area contributed by atoms with Crippen LogP contribution in [-0.4, -0.2) is 24.8 Å². The molecule has 3 aliphatic carbocycles. The van der Waals surface area contributed by atoms with Gasteiger partial charge < -0.3 is 4.74 Å². The summed E-state index contributed by atoms with van der Waals surface area (Å²) in [7, 11) is 1.61. The quantitative estimate of drug-likeness (QED) is 0.571. The maximum Gasteiger partial charge on any atom is 0.143 e. The van der Waals surface area contributed by atoms with E-state index in [1.807, 2.05) is 0 Å². The summed E-state index contributed by atoms with van der Waals surface area (Å²) >= 11 is 6.54. The van der Waals surface area contributed by atoms with Gasteiger partial charge in [0.25, 0.3) is 0 Å². The van der Waals surface area contributed by atoms with Crippen LogP contribution in [0.15, 0.2) is 0 Å². The van der Waals surface area contributed by atoms with Gasteiger partial charge in [-0.1, -0.05) is 39.0 Å². The first kappa shape index (κ1) is 18.0. The Morgan fingerprint density at radius 2 is 1.57 bits per heavy atom. The molecule has 0 aromatic rings. The van der Waals surface area contributed by atoms with Crippen LogP contribution >= 0.6 is 11.6 Å². The molecule has 0 amide bonds. The zero-order valence-corrected chi connectivity index (χ0v) is 15.6. The normalized spacial score (nSPS) is 49.0. The van der Waals surface area contributed by atoms with Crippen LogP contribution in [0.2, 0.25) is 0 Å². The van der Waals surface area contributed by atoms with Crippen molar-refractivity contribution in [3.63, 3.8) is 0 Å². The molecule has 0 heterocycles. The average Bonchev–Trinajstić information content (AvgIpc) is 2.58. The molecule has 0 spiro atoms. The van der Waals surface area contributed by atoms with Crippen molar-refractivity contribution in [3.05, 3.63) is 0 Å². The molecule has 1 nitrogen and oxygen atoms in total. The van der Waals surface area contributed by atoms with E-state index < -0.39 is 6.17 Å². The van der Waals surface area contributed by atoms with Gasteiger partial charge in [0.2, 0.25) is 0 Å². The van der Waals surface area contributed by atoms with E-state index in [4.69, 9.17) is 16.3 Å². The molecule has 0 aromatic carbocycles. The second kappa shape index (κ2) is 8.04. The highest BCUT2D eigenvalue weighted by molar-refractivity contribution is 6.21. The first-order valence-electron chi connectivity index (χ1n) is 9.91. The Balaban J connectivity index is 1.58. The Bertz CT molecular complexity index is 369. The van der Waals surface area contributed by atoms with Crippen molar-refractivity contribution in [1.29, 1.82) is 0 Å². The van der Waals surface area contributed by atoms with Crippen LogP contribution in [0.4, 0.5) is 4.39 Å². The zero-order chi connectivity index (χ0) is 16.4. The van der Waals surface area contributed by atoms with E-state index in [0.717, 1.165) is 30.6 Å². The molecule has 3 fully saturated rings. The Labute approximate surface area is 146 Å². The largest absolute Gasteiger partial charge is 0.378 e. The molecule has 0 aromatic heterocycles. The van der Waals surface area contributed by atoms with Crippen molar-refractivity contribution in [2.24, 2.45) is 29.6 Å². The number of rotatable bonds is 3. The third-order valence-corrected chi connectivity index (χ3v) is 7.81. The lowest BCUT2D eigenvalue weighted by molar-refractivity contribution is -0.0222. The van der Waals surface area contributed by atoms with Gasteiger partial charge in [-0.2, -0.15) is 0 Å². The highest BCUT2D eigenvalue weighted by Gasteiger charge is 2.44. The lowest BCUT2D eigenvalue weighted by Gasteiger charge is -2.44. The lowest BCUT2D eigenvalue weighted by Crippen LogP contribution is -2.45. The van der Waals surface area contributed by atoms with Gasteiger partial charge >= 0.3 is 0 Å². The molecule has 3 heteroatoms. The van der Waals surface area contributed by atoms with Crippen molar-refractivity contribution in [1.82, 2.24) is 0 Å². The number of hydrogen-bond donors (Lipinski definition) is 0. The summed E-state index contributed by atoms with van der Waals surface area (Å²) < 4.78 is 19.8. The highest BCUT2D eigenvalue weighted by atomic mass is 35.5. The van der Waals surface area contributed by atoms with Crippen LogP contribution in [-0.2, 0) is 4.74 Å². The number of alkyl halides is 2. The van der Waals surface area contributed by atoms with E-state index in [0.29, 0.717) is 11.8 Å². The molecule has 0 saturated heterocycles. The second-order valence-electron chi connectivity index (χ2n) is 8.61. The average molecular weight is 345 g/mol. The predicted molar refractivity (Wildman–Crippen MR) is 94.6 cm³/mol. The lowest BCUT2D eigenvalue weighted by atomic mass is 9.64. The maximum absolute atomic E-state index is 14.5. The van der Waals surface area contributed by atoms with E-state index in [1.54, 1.807) is 7.11 Å². The van der Waals surface area contributed by atoms with Crippen LogP contribution in [0.3, 0.4) is 0 Å². The van der Waals surface area contributed by atoms with Crippen LogP contribution < -0.4 is 0 Å². The van der Waals surface area contributed by atoms with Gasteiger partial charge in [-0.05, 0) is 61.7 Å². The molecule has 0 bridgehead atoms. The number of hydrogen-bond acceptors (Lipinski definition) is 1. The molecule has 0 aliphatic heterocycles. The molecule has 3 saturated carbocycles. The minimum absolute atomic E-state index is 0.284. The molecule has 6 atom stereocenters. The molecule has 134 valence electrons. The van der Waals surface area contributed by atoms with Crippen molar-refractivity contribution in [3.8, 4) is 0 Å². The third-order valence-electron chi connectivity index (χ3n) is 7.24. The van der Waals surface area contributed by atoms with Gasteiger partial charge in [-0.15, -0.1) is 11.6 Å². The first-order valence-corrected chi connectivity index (χ1v) is 10.3. The molecular formula is C20H34ClFO. The van der Waals surface area contributed by atoms with E-state index in [1.165, 1.54) is 51.4 Å². The SMILES string of the molecule is COC1CC[C@@H]([C@H]2CCC[C@@H](C3CCC(C)CC3)C2)C(Cl)C1F. The van der Waals surface area contributed by atoms with Gasteiger partial charge in [0.15, 0.2) is 0 Å². The van der Waals surface area contributed by atoms with Crippen molar-refractivity contribution < 1.29 is 9.13 Å². The maximum atomic E-state index is 14.5. The summed E-state index contributed by atoms with van der Waals surface area (Å²) in [5, 5.41) is -0.344. The Kier molecular flexibility index (Phi) is 6.29. The summed E-state index contributed by atoms with van der Waals surface area (Å²) in [6.45, 7) is 2.40. The summed E-state index contributed by atoms with van der Waals surface area (Å²) in [5.41, 5.74) is 0. The minimum Gasteiger partial charge on any atom is -0.378 e. The summed E-state index contributed by atoms with van der Waals surface area (Å²) in [6.07, 6.45) is 11.6. The monoisotopic (exact) mass is 344 g/mol. The van der Waals surface area contributed by atoms with Gasteiger partial charge in [0, 0.05) is 7.11 Å². The number of methoxy groups -OCH3 is 1. The molecule has 0 N–H and O–H groups in total. The van der Waals surface area contributed by atoms with Crippen LogP contribution in [0.25, 0.3) is 0 Å². The minimum atomic E-state index is -0.990. The molecular weight excluding hydrogens is 311 g/mol. The third kappa shape index (κ3) is 4.06. The highest BCUT2D eigenvalue weighted by Crippen LogP contribution is 2.47. The van der Waals surface area contributed by atoms with Gasteiger partial charge in [-0.25, -0.2) is 4.39 Å². The molecule has 3 rings (SSSR count). The van der Waals surface area contributed by atoms with Crippen molar-refractivity contribution in [2.75, 3.05) is 7.11 Å². The number of halogens is 2. The van der Waals surface area contributed by atoms with Gasteiger partial charge in [0.1, 0.15) is 6.17 Å². The molecule has 23 heavy (non-hydrogen) atoms. The predicted octanol–water partition coefficient (Wildman–Crippen LogP) is 5.99.